The lowest BCUT2D eigenvalue weighted by molar-refractivity contribution is -0.119. The fourth-order valence-corrected chi connectivity index (χ4v) is 1.96. The van der Waals surface area contributed by atoms with E-state index in [1.807, 2.05) is 0 Å². The van der Waals surface area contributed by atoms with Crippen LogP contribution in [-0.4, -0.2) is 55.7 Å². The van der Waals surface area contributed by atoms with Crippen LogP contribution in [0.2, 0.25) is 0 Å². The van der Waals surface area contributed by atoms with E-state index >= 15 is 0 Å². The Bertz CT molecular complexity index is 437. The number of tetrazole rings is 1. The summed E-state index contributed by atoms with van der Waals surface area (Å²) >= 11 is 1.11. The number of hydrogen-bond donors (Lipinski definition) is 3. The molecule has 1 aromatic rings. The van der Waals surface area contributed by atoms with Crippen molar-refractivity contribution in [2.75, 3.05) is 13.2 Å². The van der Waals surface area contributed by atoms with E-state index in [0.29, 0.717) is 11.7 Å². The molecule has 0 aliphatic carbocycles. The lowest BCUT2D eigenvalue weighted by atomic mass is 10.4. The van der Waals surface area contributed by atoms with Crippen molar-refractivity contribution in [1.82, 2.24) is 30.8 Å². The zero-order chi connectivity index (χ0) is 14.3. The van der Waals surface area contributed by atoms with Crippen LogP contribution in [0.1, 0.15) is 13.8 Å². The van der Waals surface area contributed by atoms with Gasteiger partial charge in [-0.15, -0.1) is 5.10 Å². The van der Waals surface area contributed by atoms with E-state index in [-0.39, 0.29) is 13.2 Å². The van der Waals surface area contributed by atoms with Gasteiger partial charge in [0.2, 0.25) is 11.1 Å². The summed E-state index contributed by atoms with van der Waals surface area (Å²) in [5.41, 5.74) is 0. The topological polar surface area (TPSA) is 122 Å². The maximum absolute atomic E-state index is 11.7. The molecule has 9 nitrogen and oxygen atoms in total. The van der Waals surface area contributed by atoms with Gasteiger partial charge in [-0.1, -0.05) is 11.8 Å². The fourth-order valence-electron chi connectivity index (χ4n) is 1.15. The normalized spacial score (nSPS) is 11.9. The number of amides is 3. The molecule has 3 N–H and O–H groups in total. The number of urea groups is 1. The van der Waals surface area contributed by atoms with E-state index in [1.54, 1.807) is 13.8 Å². The Kier molecular flexibility index (Phi) is 6.22. The molecule has 0 aromatic carbocycles. The molecule has 0 spiro atoms. The smallest absolute Gasteiger partial charge is 0.321 e. The van der Waals surface area contributed by atoms with E-state index in [4.69, 9.17) is 5.11 Å². The number of hydrogen-bond acceptors (Lipinski definition) is 7. The van der Waals surface area contributed by atoms with Crippen LogP contribution in [0.25, 0.3) is 0 Å². The molecule has 0 saturated heterocycles. The van der Waals surface area contributed by atoms with E-state index in [1.165, 1.54) is 4.68 Å². The largest absolute Gasteiger partial charge is 0.394 e. The molecule has 10 heteroatoms. The number of aromatic nitrogens is 4. The standard InChI is InChI=1S/C9H16N6O3S/c1-3-10-8(18)11-7(17)6(2)19-9-12-13-14-15(9)4-5-16/h6,16H,3-5H2,1-2H3,(H2,10,11,17,18). The monoisotopic (exact) mass is 288 g/mol. The summed E-state index contributed by atoms with van der Waals surface area (Å²) in [5, 5.41) is 24.3. The Morgan fingerprint density at radius 2 is 2.26 bits per heavy atom. The third-order valence-corrected chi connectivity index (χ3v) is 3.11. The Balaban J connectivity index is 2.53. The van der Waals surface area contributed by atoms with E-state index < -0.39 is 17.2 Å². The molecule has 0 fully saturated rings. The fraction of sp³-hybridized carbons (Fsp3) is 0.667. The average Bonchev–Trinajstić information content (AvgIpc) is 2.77. The molecule has 1 rings (SSSR count). The summed E-state index contributed by atoms with van der Waals surface area (Å²) in [6.07, 6.45) is 0. The van der Waals surface area contributed by atoms with Gasteiger partial charge in [0.05, 0.1) is 18.4 Å². The minimum absolute atomic E-state index is 0.0991. The van der Waals surface area contributed by atoms with Gasteiger partial charge in [0.25, 0.3) is 0 Å². The van der Waals surface area contributed by atoms with Gasteiger partial charge < -0.3 is 10.4 Å². The lowest BCUT2D eigenvalue weighted by Gasteiger charge is -2.10. The third kappa shape index (κ3) is 4.83. The first-order valence-corrected chi connectivity index (χ1v) is 6.58. The molecule has 3 amide bonds. The quantitative estimate of drug-likeness (QED) is 0.573. The molecule has 1 heterocycles. The van der Waals surface area contributed by atoms with Crippen LogP contribution in [0.4, 0.5) is 4.79 Å². The van der Waals surface area contributed by atoms with Gasteiger partial charge in [-0.3, -0.25) is 10.1 Å². The number of imide groups is 1. The van der Waals surface area contributed by atoms with Crippen LogP contribution >= 0.6 is 11.8 Å². The average molecular weight is 288 g/mol. The second-order valence-electron chi connectivity index (χ2n) is 3.52. The number of aliphatic hydroxyl groups excluding tert-OH is 1. The summed E-state index contributed by atoms with van der Waals surface area (Å²) in [5.74, 6) is -0.436. The van der Waals surface area contributed by atoms with Crippen LogP contribution in [-0.2, 0) is 11.3 Å². The zero-order valence-corrected chi connectivity index (χ0v) is 11.5. The van der Waals surface area contributed by atoms with Crippen molar-refractivity contribution in [3.63, 3.8) is 0 Å². The number of aliphatic hydroxyl groups is 1. The van der Waals surface area contributed by atoms with E-state index in [0.717, 1.165) is 11.8 Å². The Morgan fingerprint density at radius 3 is 2.89 bits per heavy atom. The van der Waals surface area contributed by atoms with Crippen molar-refractivity contribution in [3.05, 3.63) is 0 Å². The van der Waals surface area contributed by atoms with Gasteiger partial charge in [-0.05, 0) is 24.3 Å². The molecule has 1 unspecified atom stereocenters. The van der Waals surface area contributed by atoms with Crippen molar-refractivity contribution >= 4 is 23.7 Å². The Morgan fingerprint density at radius 1 is 1.53 bits per heavy atom. The molecule has 0 aliphatic rings. The van der Waals surface area contributed by atoms with Crippen molar-refractivity contribution in [3.8, 4) is 0 Å². The first-order chi connectivity index (χ1) is 9.08. The minimum atomic E-state index is -0.536. The van der Waals surface area contributed by atoms with Crippen LogP contribution in [0.3, 0.4) is 0 Å². The first kappa shape index (κ1) is 15.4. The molecule has 106 valence electrons. The number of rotatable bonds is 6. The molecular weight excluding hydrogens is 272 g/mol. The second-order valence-corrected chi connectivity index (χ2v) is 4.82. The summed E-state index contributed by atoms with van der Waals surface area (Å²) in [4.78, 5) is 22.9. The number of nitrogens with one attached hydrogen (secondary N) is 2. The summed E-state index contributed by atoms with van der Waals surface area (Å²) < 4.78 is 1.39. The SMILES string of the molecule is CCNC(=O)NC(=O)C(C)Sc1nnnn1CCO. The summed E-state index contributed by atoms with van der Waals surface area (Å²) in [6.45, 7) is 3.98. The van der Waals surface area contributed by atoms with Gasteiger partial charge in [-0.25, -0.2) is 9.48 Å². The van der Waals surface area contributed by atoms with E-state index in [9.17, 15) is 9.59 Å². The van der Waals surface area contributed by atoms with Crippen molar-refractivity contribution in [2.24, 2.45) is 0 Å². The number of nitrogens with zero attached hydrogens (tertiary/aromatic N) is 4. The molecule has 0 radical (unpaired) electrons. The van der Waals surface area contributed by atoms with Gasteiger partial charge >= 0.3 is 6.03 Å². The maximum Gasteiger partial charge on any atom is 0.321 e. The van der Waals surface area contributed by atoms with E-state index in [2.05, 4.69) is 26.2 Å². The third-order valence-electron chi connectivity index (χ3n) is 2.04. The Labute approximate surface area is 114 Å². The summed E-state index contributed by atoms with van der Waals surface area (Å²) in [6, 6.07) is -0.532. The molecular formula is C9H16N6O3S. The summed E-state index contributed by atoms with van der Waals surface area (Å²) in [7, 11) is 0. The zero-order valence-electron chi connectivity index (χ0n) is 10.7. The van der Waals surface area contributed by atoms with Gasteiger partial charge in [0, 0.05) is 6.54 Å². The van der Waals surface area contributed by atoms with Gasteiger partial charge in [0.1, 0.15) is 0 Å². The van der Waals surface area contributed by atoms with Crippen molar-refractivity contribution in [1.29, 1.82) is 0 Å². The second kappa shape index (κ2) is 7.69. The molecule has 0 saturated carbocycles. The minimum Gasteiger partial charge on any atom is -0.394 e. The predicted molar refractivity (Wildman–Crippen MR) is 67.4 cm³/mol. The van der Waals surface area contributed by atoms with Crippen molar-refractivity contribution in [2.45, 2.75) is 30.8 Å². The molecule has 1 atom stereocenters. The highest BCUT2D eigenvalue weighted by molar-refractivity contribution is 8.00. The van der Waals surface area contributed by atoms with Gasteiger partial charge in [-0.2, -0.15) is 0 Å². The highest BCUT2D eigenvalue weighted by atomic mass is 32.2. The number of thioether (sulfide) groups is 1. The lowest BCUT2D eigenvalue weighted by Crippen LogP contribution is -2.42. The molecule has 0 aliphatic heterocycles. The molecule has 19 heavy (non-hydrogen) atoms. The van der Waals surface area contributed by atoms with Crippen molar-refractivity contribution < 1.29 is 14.7 Å². The first-order valence-electron chi connectivity index (χ1n) is 5.70. The number of carbonyl (C=O) groups excluding carboxylic acids is 2. The van der Waals surface area contributed by atoms with Crippen LogP contribution < -0.4 is 10.6 Å². The van der Waals surface area contributed by atoms with Crippen LogP contribution in [0.15, 0.2) is 5.16 Å². The van der Waals surface area contributed by atoms with Crippen LogP contribution in [0, 0.1) is 0 Å². The molecule has 1 aromatic heterocycles. The maximum atomic E-state index is 11.7. The highest BCUT2D eigenvalue weighted by Crippen LogP contribution is 2.19. The van der Waals surface area contributed by atoms with Gasteiger partial charge in [0.15, 0.2) is 0 Å². The highest BCUT2D eigenvalue weighted by Gasteiger charge is 2.19. The van der Waals surface area contributed by atoms with Crippen LogP contribution in [0.5, 0.6) is 0 Å². The molecule has 0 bridgehead atoms. The predicted octanol–water partition coefficient (Wildman–Crippen LogP) is -1.01. The Hall–Kier alpha value is -1.68. The number of carbonyl (C=O) groups is 2.